The molecule has 25 heavy (non-hydrogen) atoms. The molecule has 5 nitrogen and oxygen atoms in total. The number of hydrogen-bond acceptors (Lipinski definition) is 4. The van der Waals surface area contributed by atoms with E-state index in [-0.39, 0.29) is 6.10 Å². The number of nitrogens with zero attached hydrogens (tertiary/aromatic N) is 2. The Balaban J connectivity index is 1.49. The molecule has 0 radical (unpaired) electrons. The van der Waals surface area contributed by atoms with Crippen molar-refractivity contribution in [3.63, 3.8) is 0 Å². The third-order valence-electron chi connectivity index (χ3n) is 4.33. The lowest BCUT2D eigenvalue weighted by molar-refractivity contribution is 0.0859. The molecule has 0 saturated carbocycles. The van der Waals surface area contributed by atoms with Crippen molar-refractivity contribution in [2.75, 3.05) is 6.61 Å². The molecule has 2 aromatic heterocycles. The van der Waals surface area contributed by atoms with E-state index < -0.39 is 0 Å². The molecule has 5 rings (SSSR count). The molecule has 122 valence electrons. The van der Waals surface area contributed by atoms with Gasteiger partial charge in [-0.2, -0.15) is 0 Å². The van der Waals surface area contributed by atoms with E-state index in [9.17, 15) is 0 Å². The van der Waals surface area contributed by atoms with Gasteiger partial charge in [-0.05, 0) is 47.5 Å². The first kappa shape index (κ1) is 14.0. The highest BCUT2D eigenvalue weighted by atomic mass is 16.6. The van der Waals surface area contributed by atoms with Crippen LogP contribution in [0.15, 0.2) is 67.0 Å². The Morgan fingerprint density at radius 3 is 2.64 bits per heavy atom. The third-order valence-corrected chi connectivity index (χ3v) is 4.33. The van der Waals surface area contributed by atoms with Gasteiger partial charge in [-0.25, -0.2) is 4.98 Å². The van der Waals surface area contributed by atoms with Crippen LogP contribution < -0.4 is 9.47 Å². The molecule has 1 unspecified atom stereocenters. The van der Waals surface area contributed by atoms with Crippen LogP contribution in [0.25, 0.3) is 22.2 Å². The van der Waals surface area contributed by atoms with Gasteiger partial charge < -0.3 is 14.5 Å². The Morgan fingerprint density at radius 2 is 1.76 bits per heavy atom. The fraction of sp³-hybridized carbons (Fsp3) is 0.100. The topological polar surface area (TPSA) is 60.0 Å². The second kappa shape index (κ2) is 5.63. The summed E-state index contributed by atoms with van der Waals surface area (Å²) in [4.78, 5) is 12.1. The number of rotatable bonds is 2. The maximum atomic E-state index is 6.04. The summed E-state index contributed by atoms with van der Waals surface area (Å²) in [5, 5.41) is 0. The Labute approximate surface area is 144 Å². The number of fused-ring (bicyclic) bond motifs is 2. The van der Waals surface area contributed by atoms with E-state index in [1.165, 1.54) is 0 Å². The molecule has 0 spiro atoms. The van der Waals surface area contributed by atoms with Crippen molar-refractivity contribution in [1.29, 1.82) is 0 Å². The lowest BCUT2D eigenvalue weighted by atomic mass is 10.1. The van der Waals surface area contributed by atoms with Gasteiger partial charge in [0.05, 0.1) is 11.0 Å². The molecule has 5 heteroatoms. The minimum atomic E-state index is -0.244. The Morgan fingerprint density at radius 1 is 0.920 bits per heavy atom. The number of pyridine rings is 1. The van der Waals surface area contributed by atoms with Gasteiger partial charge in [0.2, 0.25) is 0 Å². The van der Waals surface area contributed by atoms with Crippen LogP contribution in [0.1, 0.15) is 11.9 Å². The summed E-state index contributed by atoms with van der Waals surface area (Å²) in [6, 6.07) is 17.9. The second-order valence-corrected chi connectivity index (χ2v) is 5.95. The molecule has 0 bridgehead atoms. The number of imidazole rings is 1. The molecule has 4 aromatic rings. The quantitative estimate of drug-likeness (QED) is 0.600. The summed E-state index contributed by atoms with van der Waals surface area (Å²) in [5.74, 6) is 2.29. The van der Waals surface area contributed by atoms with Crippen molar-refractivity contribution in [2.45, 2.75) is 6.10 Å². The van der Waals surface area contributed by atoms with Gasteiger partial charge in [-0.15, -0.1) is 0 Å². The van der Waals surface area contributed by atoms with Crippen molar-refractivity contribution >= 4 is 11.0 Å². The molecule has 1 atom stereocenters. The van der Waals surface area contributed by atoms with Crippen LogP contribution in [-0.2, 0) is 0 Å². The van der Waals surface area contributed by atoms with E-state index >= 15 is 0 Å². The highest BCUT2D eigenvalue weighted by molar-refractivity contribution is 5.82. The van der Waals surface area contributed by atoms with Crippen LogP contribution in [0.4, 0.5) is 0 Å². The van der Waals surface area contributed by atoms with Gasteiger partial charge in [0.1, 0.15) is 6.61 Å². The van der Waals surface area contributed by atoms with Crippen molar-refractivity contribution in [3.05, 3.63) is 72.8 Å². The molecule has 0 saturated heterocycles. The summed E-state index contributed by atoms with van der Waals surface area (Å²) in [6.45, 7) is 0.439. The lowest BCUT2D eigenvalue weighted by Crippen LogP contribution is -2.22. The molecule has 0 amide bonds. The summed E-state index contributed by atoms with van der Waals surface area (Å²) < 4.78 is 11.8. The van der Waals surface area contributed by atoms with Crippen molar-refractivity contribution in [2.24, 2.45) is 0 Å². The average Bonchev–Trinajstić information content (AvgIpc) is 3.11. The third kappa shape index (κ3) is 2.50. The van der Waals surface area contributed by atoms with Gasteiger partial charge in [0.25, 0.3) is 0 Å². The zero-order valence-corrected chi connectivity index (χ0v) is 13.3. The molecule has 0 fully saturated rings. The molecule has 0 aliphatic carbocycles. The predicted octanol–water partition coefficient (Wildman–Crippen LogP) is 4.14. The number of nitrogens with one attached hydrogen (secondary N) is 1. The van der Waals surface area contributed by atoms with Crippen LogP contribution in [0.3, 0.4) is 0 Å². The van der Waals surface area contributed by atoms with E-state index in [1.807, 2.05) is 42.5 Å². The lowest BCUT2D eigenvalue weighted by Gasteiger charge is -2.24. The SMILES string of the molecule is c1ccc2c(c1)OCC(c1nc3cc(-c4ccncc4)ccc3[nH]1)O2. The fourth-order valence-corrected chi connectivity index (χ4v) is 3.06. The van der Waals surface area contributed by atoms with Crippen LogP contribution in [0, 0.1) is 0 Å². The van der Waals surface area contributed by atoms with Crippen molar-refractivity contribution in [1.82, 2.24) is 15.0 Å². The molecular weight excluding hydrogens is 314 g/mol. The zero-order chi connectivity index (χ0) is 16.6. The zero-order valence-electron chi connectivity index (χ0n) is 13.3. The van der Waals surface area contributed by atoms with Crippen molar-refractivity contribution < 1.29 is 9.47 Å². The molecule has 3 heterocycles. The minimum absolute atomic E-state index is 0.244. The first-order valence-electron chi connectivity index (χ1n) is 8.15. The van der Waals surface area contributed by atoms with E-state index in [4.69, 9.17) is 14.5 Å². The first-order chi connectivity index (χ1) is 12.4. The van der Waals surface area contributed by atoms with E-state index in [1.54, 1.807) is 12.4 Å². The monoisotopic (exact) mass is 329 g/mol. The number of aromatic amines is 1. The van der Waals surface area contributed by atoms with E-state index in [0.717, 1.165) is 39.5 Å². The van der Waals surface area contributed by atoms with Crippen molar-refractivity contribution in [3.8, 4) is 22.6 Å². The Hall–Kier alpha value is -3.34. The Kier molecular flexibility index (Phi) is 3.16. The van der Waals surface area contributed by atoms with Gasteiger partial charge in [-0.1, -0.05) is 18.2 Å². The molecule has 1 aliphatic heterocycles. The molecular formula is C20H15N3O2. The van der Waals surface area contributed by atoms with Crippen LogP contribution in [0.5, 0.6) is 11.5 Å². The number of aromatic nitrogens is 3. The largest absolute Gasteiger partial charge is 0.485 e. The average molecular weight is 329 g/mol. The highest BCUT2D eigenvalue weighted by Crippen LogP contribution is 2.35. The summed E-state index contributed by atoms with van der Waals surface area (Å²) in [7, 11) is 0. The number of ether oxygens (including phenoxy) is 2. The summed E-state index contributed by atoms with van der Waals surface area (Å²) in [5.41, 5.74) is 4.12. The van der Waals surface area contributed by atoms with Gasteiger partial charge in [0.15, 0.2) is 23.4 Å². The number of para-hydroxylation sites is 2. The smallest absolute Gasteiger partial charge is 0.190 e. The highest BCUT2D eigenvalue weighted by Gasteiger charge is 2.25. The number of H-pyrrole nitrogens is 1. The number of benzene rings is 2. The standard InChI is InChI=1S/C20H15N3O2/c1-2-4-18-17(3-1)24-12-19(25-18)20-22-15-6-5-14(11-16(15)23-20)13-7-9-21-10-8-13/h1-11,19H,12H2,(H,22,23). The first-order valence-corrected chi connectivity index (χ1v) is 8.15. The van der Waals surface area contributed by atoms with E-state index in [0.29, 0.717) is 6.61 Å². The van der Waals surface area contributed by atoms with Crippen LogP contribution in [-0.4, -0.2) is 21.6 Å². The van der Waals surface area contributed by atoms with Crippen LogP contribution >= 0.6 is 0 Å². The predicted molar refractivity (Wildman–Crippen MR) is 94.6 cm³/mol. The minimum Gasteiger partial charge on any atom is -0.485 e. The normalized spacial score (nSPS) is 16.1. The second-order valence-electron chi connectivity index (χ2n) is 5.95. The fourth-order valence-electron chi connectivity index (χ4n) is 3.06. The summed E-state index contributed by atoms with van der Waals surface area (Å²) in [6.07, 6.45) is 3.34. The maximum Gasteiger partial charge on any atom is 0.190 e. The maximum absolute atomic E-state index is 6.04. The van der Waals surface area contributed by atoms with E-state index in [2.05, 4.69) is 22.1 Å². The molecule has 1 N–H and O–H groups in total. The summed E-state index contributed by atoms with van der Waals surface area (Å²) >= 11 is 0. The van der Waals surface area contributed by atoms with Gasteiger partial charge in [0, 0.05) is 12.4 Å². The van der Waals surface area contributed by atoms with Gasteiger partial charge in [-0.3, -0.25) is 4.98 Å². The molecule has 1 aliphatic rings. The molecule has 2 aromatic carbocycles. The van der Waals surface area contributed by atoms with Gasteiger partial charge >= 0.3 is 0 Å². The Bertz CT molecular complexity index is 1040. The number of hydrogen-bond donors (Lipinski definition) is 1. The van der Waals surface area contributed by atoms with Crippen LogP contribution in [0.2, 0.25) is 0 Å².